The average Bonchev–Trinajstić information content (AvgIpc) is 3.12. The molecule has 0 aromatic heterocycles. The fourth-order valence-corrected chi connectivity index (χ4v) is 3.75. The standard InChI is InChI=1S/C20H22BrClN2O2/c21-17-6-7-19(18(22)11-17)26-14-20(25)23-12-15-4-3-5-16(10-15)13-24-8-1-2-9-24/h3-7,10-11H,1-2,8-9,12-14H2,(H,23,25). The molecule has 0 bridgehead atoms. The van der Waals surface area contributed by atoms with E-state index in [4.69, 9.17) is 16.3 Å². The Hall–Kier alpha value is -1.56. The zero-order valence-electron chi connectivity index (χ0n) is 14.5. The highest BCUT2D eigenvalue weighted by Gasteiger charge is 2.12. The fourth-order valence-electron chi connectivity index (χ4n) is 3.02. The lowest BCUT2D eigenvalue weighted by atomic mass is 10.1. The van der Waals surface area contributed by atoms with Crippen LogP contribution in [0.1, 0.15) is 24.0 Å². The van der Waals surface area contributed by atoms with E-state index in [9.17, 15) is 4.79 Å². The smallest absolute Gasteiger partial charge is 0.258 e. The Bertz CT molecular complexity index is 763. The van der Waals surface area contributed by atoms with Crippen molar-refractivity contribution >= 4 is 33.4 Å². The molecule has 1 N–H and O–H groups in total. The molecule has 26 heavy (non-hydrogen) atoms. The SMILES string of the molecule is O=C(COc1ccc(Br)cc1Cl)NCc1cccc(CN2CCCC2)c1. The average molecular weight is 438 g/mol. The van der Waals surface area contributed by atoms with Gasteiger partial charge in [-0.05, 0) is 55.3 Å². The molecular weight excluding hydrogens is 416 g/mol. The maximum Gasteiger partial charge on any atom is 0.258 e. The van der Waals surface area contributed by atoms with Crippen LogP contribution in [0.15, 0.2) is 46.9 Å². The van der Waals surface area contributed by atoms with E-state index < -0.39 is 0 Å². The first kappa shape index (κ1) is 19.2. The molecular formula is C20H22BrClN2O2. The number of carbonyl (C=O) groups excluding carboxylic acids is 1. The van der Waals surface area contributed by atoms with Gasteiger partial charge in [0.25, 0.3) is 5.91 Å². The van der Waals surface area contributed by atoms with Gasteiger partial charge in [-0.25, -0.2) is 0 Å². The minimum atomic E-state index is -0.172. The summed E-state index contributed by atoms with van der Waals surface area (Å²) < 4.78 is 6.35. The highest BCUT2D eigenvalue weighted by molar-refractivity contribution is 9.10. The summed E-state index contributed by atoms with van der Waals surface area (Å²) in [5, 5.41) is 3.36. The van der Waals surface area contributed by atoms with Gasteiger partial charge < -0.3 is 10.1 Å². The highest BCUT2D eigenvalue weighted by Crippen LogP contribution is 2.27. The van der Waals surface area contributed by atoms with Crippen molar-refractivity contribution in [2.75, 3.05) is 19.7 Å². The Labute approximate surface area is 167 Å². The number of amides is 1. The largest absolute Gasteiger partial charge is 0.482 e. The fraction of sp³-hybridized carbons (Fsp3) is 0.350. The summed E-state index contributed by atoms with van der Waals surface area (Å²) in [7, 11) is 0. The molecule has 1 aliphatic heterocycles. The van der Waals surface area contributed by atoms with Crippen molar-refractivity contribution in [2.24, 2.45) is 0 Å². The lowest BCUT2D eigenvalue weighted by Crippen LogP contribution is -2.28. The van der Waals surface area contributed by atoms with Crippen LogP contribution in [0, 0.1) is 0 Å². The van der Waals surface area contributed by atoms with Crippen molar-refractivity contribution in [3.63, 3.8) is 0 Å². The van der Waals surface area contributed by atoms with Crippen LogP contribution in [0.4, 0.5) is 0 Å². The van der Waals surface area contributed by atoms with Gasteiger partial charge in [-0.3, -0.25) is 9.69 Å². The number of benzene rings is 2. The van der Waals surface area contributed by atoms with Crippen LogP contribution in [0.2, 0.25) is 5.02 Å². The van der Waals surface area contributed by atoms with Gasteiger partial charge in [0.2, 0.25) is 0 Å². The van der Waals surface area contributed by atoms with Gasteiger partial charge in [-0.1, -0.05) is 51.8 Å². The number of likely N-dealkylation sites (tertiary alicyclic amines) is 1. The number of nitrogens with zero attached hydrogens (tertiary/aromatic N) is 1. The molecule has 2 aromatic rings. The zero-order valence-corrected chi connectivity index (χ0v) is 16.9. The summed E-state index contributed by atoms with van der Waals surface area (Å²) >= 11 is 9.42. The Morgan fingerprint density at radius 3 is 2.69 bits per heavy atom. The molecule has 1 fully saturated rings. The Balaban J connectivity index is 1.46. The van der Waals surface area contributed by atoms with E-state index >= 15 is 0 Å². The quantitative estimate of drug-likeness (QED) is 0.698. The maximum absolute atomic E-state index is 12.0. The molecule has 1 heterocycles. The van der Waals surface area contributed by atoms with Gasteiger partial charge >= 0.3 is 0 Å². The Morgan fingerprint density at radius 1 is 1.15 bits per heavy atom. The third-order valence-corrected chi connectivity index (χ3v) is 5.13. The van der Waals surface area contributed by atoms with Crippen LogP contribution in [0.25, 0.3) is 0 Å². The van der Waals surface area contributed by atoms with Crippen molar-refractivity contribution in [3.05, 3.63) is 63.1 Å². The molecule has 0 spiro atoms. The monoisotopic (exact) mass is 436 g/mol. The lowest BCUT2D eigenvalue weighted by molar-refractivity contribution is -0.123. The first-order valence-corrected chi connectivity index (χ1v) is 9.92. The minimum Gasteiger partial charge on any atom is -0.482 e. The summed E-state index contributed by atoms with van der Waals surface area (Å²) in [6, 6.07) is 13.7. The third kappa shape index (κ3) is 5.73. The van der Waals surface area contributed by atoms with Crippen molar-refractivity contribution in [1.29, 1.82) is 0 Å². The molecule has 0 unspecified atom stereocenters. The second kappa shape index (κ2) is 9.40. The molecule has 1 aliphatic rings. The van der Waals surface area contributed by atoms with Gasteiger partial charge in [0.05, 0.1) is 5.02 Å². The molecule has 0 atom stereocenters. The maximum atomic E-state index is 12.0. The van der Waals surface area contributed by atoms with Crippen LogP contribution in [0.5, 0.6) is 5.75 Å². The number of hydrogen-bond acceptors (Lipinski definition) is 3. The van der Waals surface area contributed by atoms with Gasteiger partial charge in [0.15, 0.2) is 6.61 Å². The van der Waals surface area contributed by atoms with Crippen molar-refractivity contribution in [1.82, 2.24) is 10.2 Å². The zero-order chi connectivity index (χ0) is 18.4. The van der Waals surface area contributed by atoms with E-state index in [1.165, 1.54) is 31.5 Å². The Kier molecular flexibility index (Phi) is 6.94. The van der Waals surface area contributed by atoms with Crippen LogP contribution >= 0.6 is 27.5 Å². The van der Waals surface area contributed by atoms with Gasteiger partial charge in [-0.15, -0.1) is 0 Å². The number of nitrogens with one attached hydrogen (secondary N) is 1. The summed E-state index contributed by atoms with van der Waals surface area (Å²) in [5.74, 6) is 0.326. The molecule has 4 nitrogen and oxygen atoms in total. The predicted octanol–water partition coefficient (Wildman–Crippen LogP) is 4.39. The number of rotatable bonds is 7. The first-order valence-electron chi connectivity index (χ1n) is 8.75. The van der Waals surface area contributed by atoms with Crippen LogP contribution in [-0.2, 0) is 17.9 Å². The highest BCUT2D eigenvalue weighted by atomic mass is 79.9. The Morgan fingerprint density at radius 2 is 1.92 bits per heavy atom. The molecule has 1 saturated heterocycles. The van der Waals surface area contributed by atoms with Gasteiger partial charge in [0.1, 0.15) is 5.75 Å². The van der Waals surface area contributed by atoms with Gasteiger partial charge in [-0.2, -0.15) is 0 Å². The molecule has 0 aliphatic carbocycles. The van der Waals surface area contributed by atoms with E-state index in [0.717, 1.165) is 16.6 Å². The summed E-state index contributed by atoms with van der Waals surface area (Å²) in [5.41, 5.74) is 2.38. The minimum absolute atomic E-state index is 0.0607. The second-order valence-corrected chi connectivity index (χ2v) is 7.77. The van der Waals surface area contributed by atoms with Gasteiger partial charge in [0, 0.05) is 17.6 Å². The number of ether oxygens (including phenoxy) is 1. The van der Waals surface area contributed by atoms with E-state index in [-0.39, 0.29) is 12.5 Å². The van der Waals surface area contributed by atoms with E-state index in [2.05, 4.69) is 38.3 Å². The summed E-state index contributed by atoms with van der Waals surface area (Å²) in [4.78, 5) is 14.5. The molecule has 0 saturated carbocycles. The molecule has 1 amide bonds. The molecule has 0 radical (unpaired) electrons. The first-order chi connectivity index (χ1) is 12.6. The van der Waals surface area contributed by atoms with Crippen LogP contribution < -0.4 is 10.1 Å². The van der Waals surface area contributed by atoms with E-state index in [1.807, 2.05) is 18.2 Å². The normalized spacial score (nSPS) is 14.4. The molecule has 6 heteroatoms. The molecule has 2 aromatic carbocycles. The number of halogens is 2. The molecule has 3 rings (SSSR count). The summed E-state index contributed by atoms with van der Waals surface area (Å²) in [6.45, 7) is 3.76. The third-order valence-electron chi connectivity index (χ3n) is 4.34. The second-order valence-electron chi connectivity index (χ2n) is 6.44. The lowest BCUT2D eigenvalue weighted by Gasteiger charge is -2.15. The number of hydrogen-bond donors (Lipinski definition) is 1. The summed E-state index contributed by atoms with van der Waals surface area (Å²) in [6.07, 6.45) is 2.58. The topological polar surface area (TPSA) is 41.6 Å². The number of carbonyl (C=O) groups is 1. The van der Waals surface area contributed by atoms with Crippen LogP contribution in [-0.4, -0.2) is 30.5 Å². The van der Waals surface area contributed by atoms with Crippen LogP contribution in [0.3, 0.4) is 0 Å². The van der Waals surface area contributed by atoms with E-state index in [1.54, 1.807) is 12.1 Å². The van der Waals surface area contributed by atoms with Crippen molar-refractivity contribution in [2.45, 2.75) is 25.9 Å². The van der Waals surface area contributed by atoms with E-state index in [0.29, 0.717) is 17.3 Å². The molecule has 138 valence electrons. The predicted molar refractivity (Wildman–Crippen MR) is 107 cm³/mol. The van der Waals surface area contributed by atoms with Crippen molar-refractivity contribution in [3.8, 4) is 5.75 Å². The van der Waals surface area contributed by atoms with Crippen molar-refractivity contribution < 1.29 is 9.53 Å².